The van der Waals surface area contributed by atoms with Gasteiger partial charge in [0.1, 0.15) is 5.54 Å². The Kier molecular flexibility index (Phi) is 6.67. The molecule has 0 saturated carbocycles. The van der Waals surface area contributed by atoms with Gasteiger partial charge in [-0.3, -0.25) is 14.6 Å². The number of aromatic nitrogens is 1. The minimum absolute atomic E-state index is 0.0223. The maximum absolute atomic E-state index is 13.7. The molecule has 7 heteroatoms. The van der Waals surface area contributed by atoms with Gasteiger partial charge in [-0.05, 0) is 88.6 Å². The van der Waals surface area contributed by atoms with Crippen molar-refractivity contribution in [2.45, 2.75) is 70.0 Å². The Morgan fingerprint density at radius 3 is 2.59 bits per heavy atom. The van der Waals surface area contributed by atoms with Crippen LogP contribution in [0.15, 0.2) is 30.3 Å². The number of carbonyl (C=O) groups is 2. The highest BCUT2D eigenvalue weighted by Gasteiger charge is 2.55. The van der Waals surface area contributed by atoms with E-state index < -0.39 is 5.54 Å². The van der Waals surface area contributed by atoms with Crippen molar-refractivity contribution in [2.24, 2.45) is 5.92 Å². The number of H-pyrrole nitrogens is 1. The maximum atomic E-state index is 13.7. The van der Waals surface area contributed by atoms with Crippen molar-refractivity contribution in [3.63, 3.8) is 0 Å². The van der Waals surface area contributed by atoms with E-state index in [-0.39, 0.29) is 17.9 Å². The van der Waals surface area contributed by atoms with E-state index in [0.29, 0.717) is 12.6 Å². The molecular weight excluding hydrogens is 426 g/mol. The van der Waals surface area contributed by atoms with Crippen LogP contribution in [-0.4, -0.2) is 76.4 Å². The van der Waals surface area contributed by atoms with Gasteiger partial charge in [0, 0.05) is 30.3 Å². The zero-order valence-electron chi connectivity index (χ0n) is 20.7. The topological polar surface area (TPSA) is 71.7 Å². The molecule has 3 aliphatic rings. The molecule has 184 valence electrons. The lowest BCUT2D eigenvalue weighted by atomic mass is 9.74. The fourth-order valence-electron chi connectivity index (χ4n) is 6.56. The van der Waals surface area contributed by atoms with Crippen LogP contribution in [0.3, 0.4) is 0 Å². The Labute approximate surface area is 202 Å². The summed E-state index contributed by atoms with van der Waals surface area (Å²) in [5.41, 5.74) is 1.69. The van der Waals surface area contributed by atoms with Gasteiger partial charge in [-0.25, -0.2) is 4.79 Å². The number of rotatable bonds is 8. The molecule has 4 heterocycles. The molecule has 1 aromatic heterocycles. The molecule has 2 atom stereocenters. The first kappa shape index (κ1) is 23.4. The highest BCUT2D eigenvalue weighted by atomic mass is 16.2. The highest BCUT2D eigenvalue weighted by Crippen LogP contribution is 2.37. The van der Waals surface area contributed by atoms with E-state index in [0.717, 1.165) is 64.7 Å². The number of nitrogens with zero attached hydrogens (tertiary/aromatic N) is 3. The second-order valence-corrected chi connectivity index (χ2v) is 10.6. The highest BCUT2D eigenvalue weighted by molar-refractivity contribution is 6.07. The van der Waals surface area contributed by atoms with Gasteiger partial charge in [-0.1, -0.05) is 31.5 Å². The summed E-state index contributed by atoms with van der Waals surface area (Å²) in [6.45, 7) is 6.54. The summed E-state index contributed by atoms with van der Waals surface area (Å²) < 4.78 is 0. The number of piperidine rings is 1. The molecular formula is C27H39N5O2. The standard InChI is InChI=1S/C27H39N5O2/c1-3-13-27(25(33)32(26(34)29-27)17-12-23-8-6-14-30(23)2)21-10-15-31(16-11-21)19-22-18-20-7-4-5-9-24(20)28-22/h4-5,7,9,18,21,23,28H,3,6,8,10-17,19H2,1-2H3,(H,29,34)/t23-,27-/m1/s1. The van der Waals surface area contributed by atoms with Crippen LogP contribution in [0.25, 0.3) is 10.9 Å². The number of para-hydroxylation sites is 1. The van der Waals surface area contributed by atoms with Crippen molar-refractivity contribution in [3.8, 4) is 0 Å². The van der Waals surface area contributed by atoms with E-state index in [1.54, 1.807) is 0 Å². The van der Waals surface area contributed by atoms with E-state index >= 15 is 0 Å². The van der Waals surface area contributed by atoms with Gasteiger partial charge in [0.05, 0.1) is 0 Å². The van der Waals surface area contributed by atoms with E-state index in [4.69, 9.17) is 0 Å². The molecule has 5 rings (SSSR count). The van der Waals surface area contributed by atoms with Crippen molar-refractivity contribution < 1.29 is 9.59 Å². The molecule has 0 bridgehead atoms. The van der Waals surface area contributed by atoms with Gasteiger partial charge in [0.2, 0.25) is 0 Å². The predicted octanol–water partition coefficient (Wildman–Crippen LogP) is 3.95. The molecule has 2 N–H and O–H groups in total. The van der Waals surface area contributed by atoms with Gasteiger partial charge in [-0.2, -0.15) is 0 Å². The lowest BCUT2D eigenvalue weighted by molar-refractivity contribution is -0.134. The van der Waals surface area contributed by atoms with Crippen molar-refractivity contribution in [1.29, 1.82) is 0 Å². The van der Waals surface area contributed by atoms with E-state index in [2.05, 4.69) is 64.4 Å². The lowest BCUT2D eigenvalue weighted by Gasteiger charge is -2.41. The Morgan fingerprint density at radius 2 is 1.88 bits per heavy atom. The second-order valence-electron chi connectivity index (χ2n) is 10.6. The van der Waals surface area contributed by atoms with Crippen LogP contribution in [0.4, 0.5) is 4.79 Å². The minimum Gasteiger partial charge on any atom is -0.357 e. The van der Waals surface area contributed by atoms with Crippen LogP contribution in [0.2, 0.25) is 0 Å². The number of hydrogen-bond donors (Lipinski definition) is 2. The molecule has 0 aliphatic carbocycles. The number of carbonyl (C=O) groups excluding carboxylic acids is 2. The van der Waals surface area contributed by atoms with E-state index in [1.807, 2.05) is 0 Å². The smallest absolute Gasteiger partial charge is 0.325 e. The van der Waals surface area contributed by atoms with Crippen molar-refractivity contribution >= 4 is 22.8 Å². The number of likely N-dealkylation sites (tertiary alicyclic amines) is 2. The minimum atomic E-state index is -0.722. The molecule has 0 unspecified atom stereocenters. The number of fused-ring (bicyclic) bond motifs is 1. The molecule has 3 amide bonds. The maximum Gasteiger partial charge on any atom is 0.325 e. The number of hydrogen-bond acceptors (Lipinski definition) is 4. The Hall–Kier alpha value is -2.38. The molecule has 3 saturated heterocycles. The van der Waals surface area contributed by atoms with E-state index in [1.165, 1.54) is 27.9 Å². The second kappa shape index (κ2) is 9.70. The first-order valence-corrected chi connectivity index (χ1v) is 13.1. The number of urea groups is 1. The third-order valence-corrected chi connectivity index (χ3v) is 8.47. The number of benzene rings is 1. The summed E-state index contributed by atoms with van der Waals surface area (Å²) in [5.74, 6) is 0.219. The molecule has 0 spiro atoms. The van der Waals surface area contributed by atoms with Crippen LogP contribution in [0, 0.1) is 5.92 Å². The summed E-state index contributed by atoms with van der Waals surface area (Å²) in [6.07, 6.45) is 6.73. The molecule has 7 nitrogen and oxygen atoms in total. The van der Waals surface area contributed by atoms with Gasteiger partial charge in [0.15, 0.2) is 0 Å². The monoisotopic (exact) mass is 465 g/mol. The first-order chi connectivity index (χ1) is 16.5. The number of amides is 3. The van der Waals surface area contributed by atoms with E-state index in [9.17, 15) is 9.59 Å². The zero-order chi connectivity index (χ0) is 23.7. The van der Waals surface area contributed by atoms with Crippen LogP contribution < -0.4 is 5.32 Å². The van der Waals surface area contributed by atoms with Crippen LogP contribution >= 0.6 is 0 Å². The Balaban J connectivity index is 1.22. The van der Waals surface area contributed by atoms with Gasteiger partial charge >= 0.3 is 6.03 Å². The average Bonchev–Trinajstić information content (AvgIpc) is 3.50. The van der Waals surface area contributed by atoms with Gasteiger partial charge in [0.25, 0.3) is 5.91 Å². The Morgan fingerprint density at radius 1 is 1.09 bits per heavy atom. The van der Waals surface area contributed by atoms with Crippen molar-refractivity contribution in [3.05, 3.63) is 36.0 Å². The van der Waals surface area contributed by atoms with Crippen molar-refractivity contribution in [2.75, 3.05) is 33.2 Å². The quantitative estimate of drug-likeness (QED) is 0.579. The lowest BCUT2D eigenvalue weighted by Crippen LogP contribution is -2.56. The largest absolute Gasteiger partial charge is 0.357 e. The van der Waals surface area contributed by atoms with Gasteiger partial charge < -0.3 is 15.2 Å². The van der Waals surface area contributed by atoms with Crippen LogP contribution in [0.1, 0.15) is 57.6 Å². The fraction of sp³-hybridized carbons (Fsp3) is 0.630. The number of nitrogens with one attached hydrogen (secondary N) is 2. The summed E-state index contributed by atoms with van der Waals surface area (Å²) in [4.78, 5) is 36.5. The first-order valence-electron chi connectivity index (χ1n) is 13.1. The molecule has 1 aromatic carbocycles. The Bertz CT molecular complexity index is 994. The number of aromatic amines is 1. The van der Waals surface area contributed by atoms with Crippen molar-refractivity contribution in [1.82, 2.24) is 25.0 Å². The normalized spacial score (nSPS) is 27.2. The molecule has 2 aromatic rings. The third kappa shape index (κ3) is 4.36. The van der Waals surface area contributed by atoms with Crippen LogP contribution in [-0.2, 0) is 11.3 Å². The molecule has 0 radical (unpaired) electrons. The predicted molar refractivity (Wildman–Crippen MR) is 134 cm³/mol. The third-order valence-electron chi connectivity index (χ3n) is 8.47. The summed E-state index contributed by atoms with van der Waals surface area (Å²) in [6, 6.07) is 10.9. The number of imide groups is 1. The van der Waals surface area contributed by atoms with Gasteiger partial charge in [-0.15, -0.1) is 0 Å². The fourth-order valence-corrected chi connectivity index (χ4v) is 6.56. The summed E-state index contributed by atoms with van der Waals surface area (Å²) >= 11 is 0. The molecule has 3 fully saturated rings. The molecule has 3 aliphatic heterocycles. The summed E-state index contributed by atoms with van der Waals surface area (Å²) in [7, 11) is 2.15. The van der Waals surface area contributed by atoms with Crippen LogP contribution in [0.5, 0.6) is 0 Å². The zero-order valence-corrected chi connectivity index (χ0v) is 20.7. The SMILES string of the molecule is CCC[C@]1(C2CCN(Cc3cc4ccccc4[nH]3)CC2)NC(=O)N(CC[C@H]2CCCN2C)C1=O. The summed E-state index contributed by atoms with van der Waals surface area (Å²) in [5, 5.41) is 4.45. The molecule has 34 heavy (non-hydrogen) atoms. The average molecular weight is 466 g/mol.